The molecule has 0 radical (unpaired) electrons. The molecule has 1 saturated heterocycles. The minimum atomic E-state index is 0.0466. The van der Waals surface area contributed by atoms with E-state index in [-0.39, 0.29) is 18.0 Å². The summed E-state index contributed by atoms with van der Waals surface area (Å²) in [5.41, 5.74) is 2.26. The highest BCUT2D eigenvalue weighted by Gasteiger charge is 2.31. The van der Waals surface area contributed by atoms with E-state index in [1.807, 2.05) is 42.3 Å². The number of ether oxygens (including phenoxy) is 2. The van der Waals surface area contributed by atoms with Crippen molar-refractivity contribution < 1.29 is 14.3 Å². The third kappa shape index (κ3) is 4.30. The van der Waals surface area contributed by atoms with Crippen LogP contribution in [0.4, 0.5) is 0 Å². The maximum atomic E-state index is 13.0. The third-order valence-corrected chi connectivity index (χ3v) is 5.76. The van der Waals surface area contributed by atoms with Gasteiger partial charge in [-0.3, -0.25) is 9.69 Å². The van der Waals surface area contributed by atoms with Crippen LogP contribution in [0.5, 0.6) is 11.5 Å². The standard InChI is InChI=1S/C23H30N2O3/c1-17(18-9-6-5-7-10-18)24(2)23(26)16-25-14-8-11-21(25)20-13-12-19(27-3)15-22(20)28-4/h5-7,9-10,12-13,15,17,21H,8,11,14,16H2,1-4H3/t17-,21+/m1/s1. The number of methoxy groups -OCH3 is 2. The van der Waals surface area contributed by atoms with E-state index >= 15 is 0 Å². The van der Waals surface area contributed by atoms with Gasteiger partial charge in [0.25, 0.3) is 0 Å². The fourth-order valence-corrected chi connectivity index (χ4v) is 3.92. The summed E-state index contributed by atoms with van der Waals surface area (Å²) in [6.45, 7) is 3.40. The normalized spacial score (nSPS) is 17.9. The second-order valence-corrected chi connectivity index (χ2v) is 7.33. The number of carbonyl (C=O) groups excluding carboxylic acids is 1. The Morgan fingerprint density at radius 2 is 1.93 bits per heavy atom. The Morgan fingerprint density at radius 3 is 2.61 bits per heavy atom. The number of likely N-dealkylation sites (N-methyl/N-ethyl adjacent to an activating group) is 1. The SMILES string of the molecule is COc1ccc([C@@H]2CCCN2CC(=O)N(C)[C@H](C)c2ccccc2)c(OC)c1. The number of benzene rings is 2. The maximum Gasteiger partial charge on any atom is 0.237 e. The van der Waals surface area contributed by atoms with Crippen molar-refractivity contribution in [3.05, 3.63) is 59.7 Å². The van der Waals surface area contributed by atoms with Crippen LogP contribution in [0.15, 0.2) is 48.5 Å². The molecule has 1 amide bonds. The lowest BCUT2D eigenvalue weighted by atomic mass is 10.0. The zero-order valence-electron chi connectivity index (χ0n) is 17.2. The van der Waals surface area contributed by atoms with Crippen LogP contribution in [0.1, 0.15) is 43.0 Å². The molecule has 0 aliphatic carbocycles. The van der Waals surface area contributed by atoms with Crippen LogP contribution in [0, 0.1) is 0 Å². The molecule has 0 unspecified atom stereocenters. The van der Waals surface area contributed by atoms with Crippen molar-refractivity contribution >= 4 is 5.91 Å². The van der Waals surface area contributed by atoms with Gasteiger partial charge in [-0.2, -0.15) is 0 Å². The summed E-state index contributed by atoms with van der Waals surface area (Å²) in [5, 5.41) is 0. The molecule has 5 heteroatoms. The van der Waals surface area contributed by atoms with Gasteiger partial charge < -0.3 is 14.4 Å². The third-order valence-electron chi connectivity index (χ3n) is 5.76. The van der Waals surface area contributed by atoms with Gasteiger partial charge in [-0.1, -0.05) is 36.4 Å². The number of carbonyl (C=O) groups is 1. The Hall–Kier alpha value is -2.53. The van der Waals surface area contributed by atoms with E-state index < -0.39 is 0 Å². The van der Waals surface area contributed by atoms with E-state index in [1.165, 1.54) is 0 Å². The zero-order valence-corrected chi connectivity index (χ0v) is 17.2. The molecule has 3 rings (SSSR count). The fraction of sp³-hybridized carbons (Fsp3) is 0.435. The van der Waals surface area contributed by atoms with Crippen LogP contribution in [-0.4, -0.2) is 50.1 Å². The van der Waals surface area contributed by atoms with E-state index in [0.717, 1.165) is 42.0 Å². The van der Waals surface area contributed by atoms with Gasteiger partial charge in [0.2, 0.25) is 5.91 Å². The molecular formula is C23H30N2O3. The second-order valence-electron chi connectivity index (χ2n) is 7.33. The van der Waals surface area contributed by atoms with Crippen molar-refractivity contribution in [3.8, 4) is 11.5 Å². The molecule has 2 aromatic rings. The minimum absolute atomic E-state index is 0.0466. The van der Waals surface area contributed by atoms with Gasteiger partial charge in [0, 0.05) is 24.7 Å². The Kier molecular flexibility index (Phi) is 6.57. The van der Waals surface area contributed by atoms with Crippen molar-refractivity contribution in [3.63, 3.8) is 0 Å². The van der Waals surface area contributed by atoms with Crippen molar-refractivity contribution in [2.45, 2.75) is 31.8 Å². The van der Waals surface area contributed by atoms with Gasteiger partial charge in [0.1, 0.15) is 11.5 Å². The lowest BCUT2D eigenvalue weighted by molar-refractivity contribution is -0.133. The van der Waals surface area contributed by atoms with E-state index in [1.54, 1.807) is 14.2 Å². The Balaban J connectivity index is 1.72. The zero-order chi connectivity index (χ0) is 20.1. The Labute approximate surface area is 167 Å². The molecule has 1 fully saturated rings. The number of hydrogen-bond donors (Lipinski definition) is 0. The van der Waals surface area contributed by atoms with Crippen LogP contribution in [0.3, 0.4) is 0 Å². The summed E-state index contributed by atoms with van der Waals surface area (Å²) in [5.74, 6) is 1.73. The molecule has 1 aliphatic heterocycles. The fourth-order valence-electron chi connectivity index (χ4n) is 3.92. The Bertz CT molecular complexity index is 794. The van der Waals surface area contributed by atoms with E-state index in [4.69, 9.17) is 9.47 Å². The predicted molar refractivity (Wildman–Crippen MR) is 111 cm³/mol. The summed E-state index contributed by atoms with van der Waals surface area (Å²) in [7, 11) is 5.22. The van der Waals surface area contributed by atoms with Crippen LogP contribution < -0.4 is 9.47 Å². The Morgan fingerprint density at radius 1 is 1.18 bits per heavy atom. The first-order valence-corrected chi connectivity index (χ1v) is 9.81. The van der Waals surface area contributed by atoms with E-state index in [2.05, 4.69) is 30.0 Å². The number of nitrogens with zero attached hydrogens (tertiary/aromatic N) is 2. The van der Waals surface area contributed by atoms with E-state index in [9.17, 15) is 4.79 Å². The number of amides is 1. The molecule has 1 aliphatic rings. The molecule has 2 aromatic carbocycles. The maximum absolute atomic E-state index is 13.0. The molecule has 0 N–H and O–H groups in total. The molecule has 0 spiro atoms. The summed E-state index contributed by atoms with van der Waals surface area (Å²) < 4.78 is 10.9. The van der Waals surface area contributed by atoms with Crippen LogP contribution >= 0.6 is 0 Å². The monoisotopic (exact) mass is 382 g/mol. The highest BCUT2D eigenvalue weighted by molar-refractivity contribution is 5.78. The topological polar surface area (TPSA) is 42.0 Å². The molecule has 0 aromatic heterocycles. The summed E-state index contributed by atoms with van der Waals surface area (Å²) in [6, 6.07) is 16.3. The molecule has 2 atom stereocenters. The quantitative estimate of drug-likeness (QED) is 0.724. The minimum Gasteiger partial charge on any atom is -0.497 e. The van der Waals surface area contributed by atoms with Crippen molar-refractivity contribution in [2.75, 3.05) is 34.4 Å². The van der Waals surface area contributed by atoms with Crippen LogP contribution in [0.25, 0.3) is 0 Å². The number of likely N-dealkylation sites (tertiary alicyclic amines) is 1. The summed E-state index contributed by atoms with van der Waals surface area (Å²) >= 11 is 0. The largest absolute Gasteiger partial charge is 0.497 e. The predicted octanol–water partition coefficient (Wildman–Crippen LogP) is 4.06. The molecular weight excluding hydrogens is 352 g/mol. The molecule has 0 bridgehead atoms. The smallest absolute Gasteiger partial charge is 0.237 e. The molecule has 5 nitrogen and oxygen atoms in total. The van der Waals surface area contributed by atoms with Crippen LogP contribution in [-0.2, 0) is 4.79 Å². The lowest BCUT2D eigenvalue weighted by Gasteiger charge is -2.30. The van der Waals surface area contributed by atoms with Crippen molar-refractivity contribution in [1.82, 2.24) is 9.80 Å². The highest BCUT2D eigenvalue weighted by atomic mass is 16.5. The summed E-state index contributed by atoms with van der Waals surface area (Å²) in [6.07, 6.45) is 2.10. The first kappa shape index (κ1) is 20.2. The van der Waals surface area contributed by atoms with Gasteiger partial charge >= 0.3 is 0 Å². The lowest BCUT2D eigenvalue weighted by Crippen LogP contribution is -2.39. The highest BCUT2D eigenvalue weighted by Crippen LogP contribution is 2.38. The van der Waals surface area contributed by atoms with Gasteiger partial charge in [0.05, 0.1) is 26.8 Å². The number of rotatable bonds is 7. The molecule has 28 heavy (non-hydrogen) atoms. The molecule has 0 saturated carbocycles. The number of hydrogen-bond acceptors (Lipinski definition) is 4. The first-order valence-electron chi connectivity index (χ1n) is 9.81. The first-order chi connectivity index (χ1) is 13.5. The molecule has 1 heterocycles. The van der Waals surface area contributed by atoms with Gasteiger partial charge in [-0.25, -0.2) is 0 Å². The van der Waals surface area contributed by atoms with Gasteiger partial charge in [-0.15, -0.1) is 0 Å². The average Bonchev–Trinajstić information content (AvgIpc) is 3.20. The van der Waals surface area contributed by atoms with Crippen molar-refractivity contribution in [1.29, 1.82) is 0 Å². The van der Waals surface area contributed by atoms with Gasteiger partial charge in [-0.05, 0) is 37.9 Å². The summed E-state index contributed by atoms with van der Waals surface area (Å²) in [4.78, 5) is 17.1. The van der Waals surface area contributed by atoms with Crippen molar-refractivity contribution in [2.24, 2.45) is 0 Å². The second kappa shape index (κ2) is 9.11. The molecule has 150 valence electrons. The average molecular weight is 383 g/mol. The van der Waals surface area contributed by atoms with Crippen LogP contribution in [0.2, 0.25) is 0 Å². The van der Waals surface area contributed by atoms with E-state index in [0.29, 0.717) is 6.54 Å². The van der Waals surface area contributed by atoms with Gasteiger partial charge in [0.15, 0.2) is 0 Å².